The zero-order valence-corrected chi connectivity index (χ0v) is 17.0. The van der Waals surface area contributed by atoms with E-state index in [1.165, 1.54) is 24.4 Å². The number of oxazole rings is 1. The SMILES string of the molecule is Cn1cccc1[C@H]1CCCCCN1C(=O)CCc1ncc(-c2c(F)cccc2F)o1. The molecule has 0 spiro atoms. The van der Waals surface area contributed by atoms with Crippen molar-refractivity contribution in [3.63, 3.8) is 0 Å². The zero-order valence-electron chi connectivity index (χ0n) is 17.0. The summed E-state index contributed by atoms with van der Waals surface area (Å²) in [5.74, 6) is -1.04. The van der Waals surface area contributed by atoms with Gasteiger partial charge in [-0.2, -0.15) is 0 Å². The Bertz CT molecular complexity index is 1010. The Labute approximate surface area is 174 Å². The topological polar surface area (TPSA) is 51.3 Å². The van der Waals surface area contributed by atoms with E-state index in [1.54, 1.807) is 0 Å². The molecular weight excluding hydrogens is 388 g/mol. The second kappa shape index (κ2) is 8.81. The predicted molar refractivity (Wildman–Crippen MR) is 109 cm³/mol. The summed E-state index contributed by atoms with van der Waals surface area (Å²) >= 11 is 0. The molecule has 1 aliphatic rings. The van der Waals surface area contributed by atoms with Gasteiger partial charge in [0.15, 0.2) is 11.7 Å². The standard InChI is InChI=1S/C23H25F2N3O2/c1-27-13-6-10-18(27)19-9-3-2-4-14-28(19)22(29)12-11-21-26-15-20(30-21)23-16(24)7-5-8-17(23)25/h5-8,10,13,15,19H,2-4,9,11-12,14H2,1H3/t19-/m1/s1. The molecule has 0 N–H and O–H groups in total. The van der Waals surface area contributed by atoms with Crippen molar-refractivity contribution in [2.45, 2.75) is 44.6 Å². The molecule has 0 saturated carbocycles. The van der Waals surface area contributed by atoms with Gasteiger partial charge in [0, 0.05) is 38.3 Å². The number of carbonyl (C=O) groups excluding carboxylic acids is 1. The van der Waals surface area contributed by atoms with Crippen LogP contribution in [0.25, 0.3) is 11.3 Å². The van der Waals surface area contributed by atoms with Gasteiger partial charge < -0.3 is 13.9 Å². The smallest absolute Gasteiger partial charge is 0.223 e. The lowest BCUT2D eigenvalue weighted by molar-refractivity contribution is -0.133. The third-order valence-electron chi connectivity index (χ3n) is 5.71. The molecular formula is C23H25F2N3O2. The van der Waals surface area contributed by atoms with Gasteiger partial charge in [-0.25, -0.2) is 13.8 Å². The highest BCUT2D eigenvalue weighted by molar-refractivity contribution is 5.77. The van der Waals surface area contributed by atoms with Crippen LogP contribution in [0.3, 0.4) is 0 Å². The first-order valence-electron chi connectivity index (χ1n) is 10.3. The van der Waals surface area contributed by atoms with E-state index in [2.05, 4.69) is 15.6 Å². The number of amides is 1. The van der Waals surface area contributed by atoms with Crippen molar-refractivity contribution in [1.29, 1.82) is 0 Å². The zero-order chi connectivity index (χ0) is 21.1. The minimum atomic E-state index is -0.705. The first kappa shape index (κ1) is 20.3. The summed E-state index contributed by atoms with van der Waals surface area (Å²) in [5, 5.41) is 0. The van der Waals surface area contributed by atoms with E-state index in [9.17, 15) is 13.6 Å². The lowest BCUT2D eigenvalue weighted by Gasteiger charge is -2.30. The van der Waals surface area contributed by atoms with E-state index in [4.69, 9.17) is 4.42 Å². The average molecular weight is 413 g/mol. The lowest BCUT2D eigenvalue weighted by atomic mass is 10.1. The first-order valence-corrected chi connectivity index (χ1v) is 10.3. The summed E-state index contributed by atoms with van der Waals surface area (Å²) in [4.78, 5) is 19.1. The van der Waals surface area contributed by atoms with Gasteiger partial charge in [-0.05, 0) is 37.1 Å². The highest BCUT2D eigenvalue weighted by Crippen LogP contribution is 2.31. The number of benzene rings is 1. The minimum absolute atomic E-state index is 0.0320. The van der Waals surface area contributed by atoms with Crippen LogP contribution in [-0.2, 0) is 18.3 Å². The van der Waals surface area contributed by atoms with E-state index >= 15 is 0 Å². The number of halogens is 2. The molecule has 0 bridgehead atoms. The fraction of sp³-hybridized carbons (Fsp3) is 0.391. The molecule has 3 aromatic rings. The molecule has 1 aliphatic heterocycles. The van der Waals surface area contributed by atoms with E-state index in [-0.39, 0.29) is 36.1 Å². The Hall–Kier alpha value is -2.96. The number of rotatable bonds is 5. The Morgan fingerprint density at radius 1 is 1.17 bits per heavy atom. The number of aryl methyl sites for hydroxylation is 2. The summed E-state index contributed by atoms with van der Waals surface area (Å²) in [6, 6.07) is 7.78. The number of hydrogen-bond donors (Lipinski definition) is 0. The third kappa shape index (κ3) is 4.15. The monoisotopic (exact) mass is 413 g/mol. The molecule has 0 radical (unpaired) electrons. The van der Waals surface area contributed by atoms with Gasteiger partial charge in [0.25, 0.3) is 0 Å². The van der Waals surface area contributed by atoms with Crippen LogP contribution >= 0.6 is 0 Å². The largest absolute Gasteiger partial charge is 0.441 e. The fourth-order valence-corrected chi connectivity index (χ4v) is 4.17. The first-order chi connectivity index (χ1) is 14.5. The molecule has 0 unspecified atom stereocenters. The van der Waals surface area contributed by atoms with Crippen LogP contribution < -0.4 is 0 Å². The van der Waals surface area contributed by atoms with Crippen molar-refractivity contribution in [1.82, 2.24) is 14.5 Å². The van der Waals surface area contributed by atoms with Crippen molar-refractivity contribution < 1.29 is 18.0 Å². The maximum Gasteiger partial charge on any atom is 0.223 e. The van der Waals surface area contributed by atoms with Gasteiger partial charge in [-0.15, -0.1) is 0 Å². The number of likely N-dealkylation sites (tertiary alicyclic amines) is 1. The Balaban J connectivity index is 1.46. The third-order valence-corrected chi connectivity index (χ3v) is 5.71. The summed E-state index contributed by atoms with van der Waals surface area (Å²) in [7, 11) is 2.00. The molecule has 1 aromatic carbocycles. The molecule has 1 fully saturated rings. The van der Waals surface area contributed by atoms with Crippen LogP contribution in [0.5, 0.6) is 0 Å². The van der Waals surface area contributed by atoms with E-state index in [0.29, 0.717) is 5.89 Å². The molecule has 2 aromatic heterocycles. The van der Waals surface area contributed by atoms with Gasteiger partial charge in [0.05, 0.1) is 17.8 Å². The lowest BCUT2D eigenvalue weighted by Crippen LogP contribution is -2.35. The quantitative estimate of drug-likeness (QED) is 0.589. The molecule has 158 valence electrons. The molecule has 1 saturated heterocycles. The van der Waals surface area contributed by atoms with Crippen LogP contribution in [-0.4, -0.2) is 26.9 Å². The summed E-state index contributed by atoms with van der Waals surface area (Å²) < 4.78 is 35.5. The van der Waals surface area contributed by atoms with Gasteiger partial charge in [-0.3, -0.25) is 4.79 Å². The normalized spacial score (nSPS) is 17.2. The van der Waals surface area contributed by atoms with Crippen LogP contribution in [0.1, 0.15) is 49.7 Å². The van der Waals surface area contributed by atoms with Crippen LogP contribution in [0.4, 0.5) is 8.78 Å². The molecule has 4 rings (SSSR count). The Morgan fingerprint density at radius 3 is 2.70 bits per heavy atom. The van der Waals surface area contributed by atoms with Crippen LogP contribution in [0.15, 0.2) is 47.1 Å². The molecule has 1 atom stereocenters. The Morgan fingerprint density at radius 2 is 1.97 bits per heavy atom. The highest BCUT2D eigenvalue weighted by Gasteiger charge is 2.28. The summed E-state index contributed by atoms with van der Waals surface area (Å²) in [6.45, 7) is 0.728. The summed E-state index contributed by atoms with van der Waals surface area (Å²) in [5.41, 5.74) is 0.901. The van der Waals surface area contributed by atoms with Gasteiger partial charge in [0.2, 0.25) is 5.91 Å². The van der Waals surface area contributed by atoms with Crippen LogP contribution in [0, 0.1) is 11.6 Å². The summed E-state index contributed by atoms with van der Waals surface area (Å²) in [6.07, 6.45) is 7.96. The highest BCUT2D eigenvalue weighted by atomic mass is 19.1. The van der Waals surface area contributed by atoms with E-state index in [1.807, 2.05) is 24.2 Å². The maximum atomic E-state index is 14.0. The molecule has 5 nitrogen and oxygen atoms in total. The molecule has 1 amide bonds. The molecule has 3 heterocycles. The second-order valence-electron chi connectivity index (χ2n) is 7.71. The van der Waals surface area contributed by atoms with Crippen molar-refractivity contribution in [3.05, 3.63) is 65.9 Å². The van der Waals surface area contributed by atoms with Crippen molar-refractivity contribution in [2.75, 3.05) is 6.54 Å². The molecule has 30 heavy (non-hydrogen) atoms. The van der Waals surface area contributed by atoms with Crippen molar-refractivity contribution in [3.8, 4) is 11.3 Å². The number of hydrogen-bond acceptors (Lipinski definition) is 3. The number of nitrogens with zero attached hydrogens (tertiary/aromatic N) is 3. The van der Waals surface area contributed by atoms with E-state index < -0.39 is 11.6 Å². The van der Waals surface area contributed by atoms with Crippen LogP contribution in [0.2, 0.25) is 0 Å². The number of aromatic nitrogens is 2. The maximum absolute atomic E-state index is 14.0. The van der Waals surface area contributed by atoms with Gasteiger partial charge in [0.1, 0.15) is 11.6 Å². The number of carbonyl (C=O) groups is 1. The molecule has 0 aliphatic carbocycles. The predicted octanol–water partition coefficient (Wildman–Crippen LogP) is 5.03. The van der Waals surface area contributed by atoms with E-state index in [0.717, 1.165) is 37.9 Å². The minimum Gasteiger partial charge on any atom is -0.441 e. The van der Waals surface area contributed by atoms with Crippen molar-refractivity contribution in [2.24, 2.45) is 7.05 Å². The Kier molecular flexibility index (Phi) is 5.97. The second-order valence-corrected chi connectivity index (χ2v) is 7.71. The average Bonchev–Trinajstić information content (AvgIpc) is 3.28. The van der Waals surface area contributed by atoms with Crippen molar-refractivity contribution >= 4 is 5.91 Å². The van der Waals surface area contributed by atoms with Gasteiger partial charge >= 0.3 is 0 Å². The fourth-order valence-electron chi connectivity index (χ4n) is 4.17. The van der Waals surface area contributed by atoms with Gasteiger partial charge in [-0.1, -0.05) is 18.9 Å². The molecule has 7 heteroatoms.